The number of hydrogen-bond donors (Lipinski definition) is 1. The molecule has 0 saturated heterocycles. The lowest BCUT2D eigenvalue weighted by molar-refractivity contribution is 0.214. The molecule has 0 aromatic heterocycles. The van der Waals surface area contributed by atoms with Crippen LogP contribution in [0.3, 0.4) is 0 Å². The van der Waals surface area contributed by atoms with Crippen molar-refractivity contribution >= 4 is 6.21 Å². The lowest BCUT2D eigenvalue weighted by Crippen LogP contribution is -2.15. The maximum absolute atomic E-state index is 4.43. The fourth-order valence-electron chi connectivity index (χ4n) is 0.362. The lowest BCUT2D eigenvalue weighted by atomic mass is 10.6. The molecule has 0 unspecified atom stereocenters. The van der Waals surface area contributed by atoms with E-state index >= 15 is 0 Å². The van der Waals surface area contributed by atoms with Crippen LogP contribution >= 0.6 is 0 Å². The summed E-state index contributed by atoms with van der Waals surface area (Å²) >= 11 is 0. The van der Waals surface area contributed by atoms with Crippen LogP contribution in [-0.4, -0.2) is 26.4 Å². The van der Waals surface area contributed by atoms with Gasteiger partial charge in [-0.15, -0.1) is 6.58 Å². The molecule has 0 aromatic carbocycles. The van der Waals surface area contributed by atoms with E-state index in [1.54, 1.807) is 12.3 Å². The number of hydrogen-bond acceptors (Lipinski definition) is 3. The molecule has 52 valence electrons. The maximum atomic E-state index is 4.43. The lowest BCUT2D eigenvalue weighted by Gasteiger charge is -1.91. The fraction of sp³-hybridized carbons (Fsp3) is 0.500. The van der Waals surface area contributed by atoms with Crippen LogP contribution in [0.15, 0.2) is 17.8 Å². The summed E-state index contributed by atoms with van der Waals surface area (Å²) in [4.78, 5) is 4.43. The average molecular weight is 128 g/mol. The molecule has 0 fully saturated rings. The molecule has 0 aliphatic carbocycles. The normalized spacial score (nSPS) is 9.89. The summed E-state index contributed by atoms with van der Waals surface area (Å²) in [5.74, 6) is 0. The van der Waals surface area contributed by atoms with E-state index in [1.807, 2.05) is 0 Å². The molecule has 3 heteroatoms. The van der Waals surface area contributed by atoms with E-state index in [4.69, 9.17) is 0 Å². The molecule has 0 aliphatic heterocycles. The van der Waals surface area contributed by atoms with E-state index in [0.29, 0.717) is 0 Å². The summed E-state index contributed by atoms with van der Waals surface area (Å²) in [5.41, 5.74) is 0. The van der Waals surface area contributed by atoms with Gasteiger partial charge in [-0.1, -0.05) is 11.2 Å². The van der Waals surface area contributed by atoms with Gasteiger partial charge in [0.05, 0.1) is 6.21 Å². The smallest absolute Gasteiger partial charge is 0.106 e. The zero-order valence-electron chi connectivity index (χ0n) is 5.63. The Morgan fingerprint density at radius 2 is 2.44 bits per heavy atom. The second-order valence-corrected chi connectivity index (χ2v) is 1.42. The van der Waals surface area contributed by atoms with Gasteiger partial charge in [0.25, 0.3) is 0 Å². The van der Waals surface area contributed by atoms with Gasteiger partial charge < -0.3 is 10.2 Å². The number of oxime groups is 1. The Balaban J connectivity index is 2.90. The summed E-state index contributed by atoms with van der Waals surface area (Å²) in [6, 6.07) is 0. The van der Waals surface area contributed by atoms with Crippen molar-refractivity contribution in [3.8, 4) is 0 Å². The van der Waals surface area contributed by atoms with Crippen molar-refractivity contribution in [3.63, 3.8) is 0 Å². The zero-order valence-corrected chi connectivity index (χ0v) is 5.63. The van der Waals surface area contributed by atoms with Crippen LogP contribution in [-0.2, 0) is 4.84 Å². The van der Waals surface area contributed by atoms with E-state index < -0.39 is 0 Å². The Morgan fingerprint density at radius 3 is 3.00 bits per heavy atom. The van der Waals surface area contributed by atoms with E-state index in [0.717, 1.165) is 13.1 Å². The first-order chi connectivity index (χ1) is 4.41. The van der Waals surface area contributed by atoms with Crippen molar-refractivity contribution in [1.29, 1.82) is 0 Å². The van der Waals surface area contributed by atoms with Crippen LogP contribution in [0, 0.1) is 0 Å². The molecule has 0 radical (unpaired) electrons. The molecule has 0 amide bonds. The van der Waals surface area contributed by atoms with Gasteiger partial charge >= 0.3 is 0 Å². The Bertz CT molecular complexity index is 91.1. The standard InChI is InChI=1S/C6H12N2O/c1-3-4-7-5-6-8-9-2/h3,6-7H,1,4-5H2,2H3/b8-6+. The molecular weight excluding hydrogens is 116 g/mol. The molecule has 3 nitrogen and oxygen atoms in total. The van der Waals surface area contributed by atoms with E-state index in [9.17, 15) is 0 Å². The number of rotatable bonds is 5. The largest absolute Gasteiger partial charge is 0.399 e. The van der Waals surface area contributed by atoms with Gasteiger partial charge in [0.15, 0.2) is 0 Å². The first kappa shape index (κ1) is 8.17. The number of nitrogens with zero attached hydrogens (tertiary/aromatic N) is 1. The van der Waals surface area contributed by atoms with Crippen molar-refractivity contribution < 1.29 is 4.84 Å². The van der Waals surface area contributed by atoms with E-state index in [1.165, 1.54) is 7.11 Å². The maximum Gasteiger partial charge on any atom is 0.106 e. The highest BCUT2D eigenvalue weighted by Crippen LogP contribution is 1.62. The second-order valence-electron chi connectivity index (χ2n) is 1.42. The topological polar surface area (TPSA) is 33.6 Å². The van der Waals surface area contributed by atoms with Crippen LogP contribution in [0.5, 0.6) is 0 Å². The van der Waals surface area contributed by atoms with E-state index in [2.05, 4.69) is 21.9 Å². The van der Waals surface area contributed by atoms with Crippen molar-refractivity contribution in [2.45, 2.75) is 0 Å². The molecular formula is C6H12N2O. The second kappa shape index (κ2) is 7.17. The van der Waals surface area contributed by atoms with Crippen LogP contribution < -0.4 is 5.32 Å². The average Bonchev–Trinajstić information content (AvgIpc) is 1.89. The Kier molecular flexibility index (Phi) is 6.51. The summed E-state index contributed by atoms with van der Waals surface area (Å²) in [5, 5.41) is 6.54. The van der Waals surface area contributed by atoms with Gasteiger partial charge in [0.1, 0.15) is 7.11 Å². The molecule has 0 bridgehead atoms. The van der Waals surface area contributed by atoms with Crippen molar-refractivity contribution in [3.05, 3.63) is 12.7 Å². The zero-order chi connectivity index (χ0) is 6.95. The molecule has 0 saturated carbocycles. The first-order valence-corrected chi connectivity index (χ1v) is 2.78. The third-order valence-electron chi connectivity index (χ3n) is 0.704. The predicted octanol–water partition coefficient (Wildman–Crippen LogP) is 0.394. The van der Waals surface area contributed by atoms with Gasteiger partial charge in [-0.25, -0.2) is 0 Å². The molecule has 1 N–H and O–H groups in total. The third-order valence-corrected chi connectivity index (χ3v) is 0.704. The van der Waals surface area contributed by atoms with Crippen LogP contribution in [0.1, 0.15) is 0 Å². The molecule has 0 aromatic rings. The molecule has 0 spiro atoms. The van der Waals surface area contributed by atoms with Crippen molar-refractivity contribution in [1.82, 2.24) is 5.32 Å². The summed E-state index contributed by atoms with van der Waals surface area (Å²) in [6.45, 7) is 5.06. The Hall–Kier alpha value is -0.830. The summed E-state index contributed by atoms with van der Waals surface area (Å²) < 4.78 is 0. The third kappa shape index (κ3) is 7.17. The highest BCUT2D eigenvalue weighted by molar-refractivity contribution is 5.58. The Morgan fingerprint density at radius 1 is 1.67 bits per heavy atom. The highest BCUT2D eigenvalue weighted by atomic mass is 16.6. The minimum atomic E-state index is 0.722. The van der Waals surface area contributed by atoms with Crippen LogP contribution in [0.4, 0.5) is 0 Å². The summed E-state index contributed by atoms with van der Waals surface area (Å²) in [6.07, 6.45) is 3.45. The van der Waals surface area contributed by atoms with E-state index in [-0.39, 0.29) is 0 Å². The SMILES string of the molecule is C=CCNC/C=N/OC. The van der Waals surface area contributed by atoms with Gasteiger partial charge in [0.2, 0.25) is 0 Å². The molecule has 0 heterocycles. The van der Waals surface area contributed by atoms with Crippen molar-refractivity contribution in [2.24, 2.45) is 5.16 Å². The van der Waals surface area contributed by atoms with Crippen LogP contribution in [0.25, 0.3) is 0 Å². The number of nitrogens with one attached hydrogen (secondary N) is 1. The van der Waals surface area contributed by atoms with Gasteiger partial charge in [-0.2, -0.15) is 0 Å². The van der Waals surface area contributed by atoms with Gasteiger partial charge in [-0.3, -0.25) is 0 Å². The predicted molar refractivity (Wildman–Crippen MR) is 38.6 cm³/mol. The minimum absolute atomic E-state index is 0.722. The quantitative estimate of drug-likeness (QED) is 0.251. The minimum Gasteiger partial charge on any atom is -0.399 e. The highest BCUT2D eigenvalue weighted by Gasteiger charge is 1.74. The molecule has 0 atom stereocenters. The van der Waals surface area contributed by atoms with Crippen molar-refractivity contribution in [2.75, 3.05) is 20.2 Å². The first-order valence-electron chi connectivity index (χ1n) is 2.78. The molecule has 0 rings (SSSR count). The monoisotopic (exact) mass is 128 g/mol. The molecule has 0 aliphatic rings. The fourth-order valence-corrected chi connectivity index (χ4v) is 0.362. The Labute approximate surface area is 55.4 Å². The van der Waals surface area contributed by atoms with Crippen LogP contribution in [0.2, 0.25) is 0 Å². The van der Waals surface area contributed by atoms with Gasteiger partial charge in [0, 0.05) is 13.1 Å². The summed E-state index contributed by atoms with van der Waals surface area (Å²) in [7, 11) is 1.52. The van der Waals surface area contributed by atoms with Gasteiger partial charge in [-0.05, 0) is 0 Å². The molecule has 9 heavy (non-hydrogen) atoms.